The normalized spacial score (nSPS) is 16.4. The van der Waals surface area contributed by atoms with Gasteiger partial charge in [0.1, 0.15) is 30.6 Å². The average molecular weight is 448 g/mol. The molecule has 0 bridgehead atoms. The maximum atomic E-state index is 11.7. The molecular formula is C15H17IN2O6. The molecule has 0 aliphatic heterocycles. The van der Waals surface area contributed by atoms with Gasteiger partial charge >= 0.3 is 0 Å². The van der Waals surface area contributed by atoms with E-state index >= 15 is 0 Å². The van der Waals surface area contributed by atoms with Crippen molar-refractivity contribution in [3.8, 4) is 0 Å². The number of H-pyrrole nitrogens is 1. The summed E-state index contributed by atoms with van der Waals surface area (Å²) in [6.07, 6.45) is -4.51. The van der Waals surface area contributed by atoms with Crippen LogP contribution in [0.4, 0.5) is 5.69 Å². The van der Waals surface area contributed by atoms with Crippen molar-refractivity contribution < 1.29 is 25.2 Å². The Balaban J connectivity index is 2.24. The van der Waals surface area contributed by atoms with E-state index in [2.05, 4.69) is 10.3 Å². The standard InChI is InChI=1S/C15H17IN2O6/c16-9-3-7-1-2-8(4-10(7)18-15(9)24)17-11(5-19)13(22)14(23)12(21)6-20/h1-5,11-14,17,20-23H,6H2,(H,18,24)/t11-,12+,13+,14+/m0/s1. The number of aldehydes is 1. The number of aromatic nitrogens is 1. The molecule has 2 rings (SSSR count). The minimum atomic E-state index is -1.69. The fourth-order valence-corrected chi connectivity index (χ4v) is 2.67. The zero-order valence-corrected chi connectivity index (χ0v) is 14.5. The van der Waals surface area contributed by atoms with Crippen LogP contribution in [0.3, 0.4) is 0 Å². The van der Waals surface area contributed by atoms with Gasteiger partial charge in [0.2, 0.25) is 0 Å². The number of fused-ring (bicyclic) bond motifs is 1. The Bertz CT molecular complexity index is 780. The summed E-state index contributed by atoms with van der Waals surface area (Å²) in [5.74, 6) is 0. The SMILES string of the molecule is O=C[C@H](Nc1ccc2cc(I)c(=O)[nH]c2c1)[C@@H](O)[C@H](O)[C@H](O)CO. The molecule has 0 fully saturated rings. The third-order valence-electron chi connectivity index (χ3n) is 3.58. The summed E-state index contributed by atoms with van der Waals surface area (Å²) in [5.41, 5.74) is 0.732. The van der Waals surface area contributed by atoms with Gasteiger partial charge in [-0.3, -0.25) is 4.79 Å². The highest BCUT2D eigenvalue weighted by molar-refractivity contribution is 14.1. The molecule has 24 heavy (non-hydrogen) atoms. The molecule has 2 aromatic rings. The van der Waals surface area contributed by atoms with Crippen LogP contribution in [0.25, 0.3) is 10.9 Å². The van der Waals surface area contributed by atoms with Gasteiger partial charge in [0.15, 0.2) is 0 Å². The maximum Gasteiger partial charge on any atom is 0.261 e. The number of aliphatic hydroxyl groups is 4. The van der Waals surface area contributed by atoms with Crippen LogP contribution in [0.1, 0.15) is 0 Å². The molecule has 0 unspecified atom stereocenters. The Labute approximate surface area is 150 Å². The quantitative estimate of drug-likeness (QED) is 0.240. The molecular weight excluding hydrogens is 431 g/mol. The first kappa shape index (κ1) is 18.8. The van der Waals surface area contributed by atoms with Crippen molar-refractivity contribution in [2.75, 3.05) is 11.9 Å². The maximum absolute atomic E-state index is 11.7. The number of anilines is 1. The Morgan fingerprint density at radius 3 is 2.54 bits per heavy atom. The van der Waals surface area contributed by atoms with Crippen LogP contribution in [0.5, 0.6) is 0 Å². The van der Waals surface area contributed by atoms with Crippen molar-refractivity contribution in [1.82, 2.24) is 4.98 Å². The molecule has 1 aromatic heterocycles. The predicted octanol–water partition coefficient (Wildman–Crippen LogP) is -0.813. The molecule has 130 valence electrons. The van der Waals surface area contributed by atoms with E-state index in [1.165, 1.54) is 0 Å². The van der Waals surface area contributed by atoms with Crippen LogP contribution in [-0.4, -0.2) is 62.7 Å². The number of hydrogen-bond donors (Lipinski definition) is 6. The largest absolute Gasteiger partial charge is 0.394 e. The summed E-state index contributed by atoms with van der Waals surface area (Å²) in [6.45, 7) is -0.750. The Morgan fingerprint density at radius 1 is 1.21 bits per heavy atom. The molecule has 0 saturated carbocycles. The number of rotatable bonds is 7. The first-order chi connectivity index (χ1) is 11.4. The Kier molecular flexibility index (Phi) is 6.29. The second-order valence-corrected chi connectivity index (χ2v) is 6.45. The summed E-state index contributed by atoms with van der Waals surface area (Å²) in [6, 6.07) is 5.46. The molecule has 0 radical (unpaired) electrons. The van der Waals surface area contributed by atoms with Crippen LogP contribution < -0.4 is 10.9 Å². The van der Waals surface area contributed by atoms with Gasteiger partial charge in [-0.05, 0) is 46.2 Å². The molecule has 0 aliphatic carbocycles. The van der Waals surface area contributed by atoms with E-state index in [1.54, 1.807) is 24.3 Å². The monoisotopic (exact) mass is 448 g/mol. The van der Waals surface area contributed by atoms with Gasteiger partial charge in [0.25, 0.3) is 5.56 Å². The molecule has 1 heterocycles. The zero-order chi connectivity index (χ0) is 17.9. The average Bonchev–Trinajstić information content (AvgIpc) is 2.58. The number of benzene rings is 1. The van der Waals surface area contributed by atoms with Crippen LogP contribution in [0.15, 0.2) is 29.1 Å². The number of hydrogen-bond acceptors (Lipinski definition) is 7. The second kappa shape index (κ2) is 8.03. The predicted molar refractivity (Wildman–Crippen MR) is 95.9 cm³/mol. The number of aliphatic hydroxyl groups excluding tert-OH is 4. The van der Waals surface area contributed by atoms with Gasteiger partial charge in [0, 0.05) is 5.69 Å². The lowest BCUT2D eigenvalue weighted by molar-refractivity contribution is -0.117. The van der Waals surface area contributed by atoms with E-state index in [9.17, 15) is 24.9 Å². The van der Waals surface area contributed by atoms with Gasteiger partial charge in [-0.15, -0.1) is 0 Å². The van der Waals surface area contributed by atoms with Crippen molar-refractivity contribution in [2.45, 2.75) is 24.4 Å². The van der Waals surface area contributed by atoms with E-state index < -0.39 is 31.0 Å². The van der Waals surface area contributed by atoms with Gasteiger partial charge in [-0.2, -0.15) is 0 Å². The minimum Gasteiger partial charge on any atom is -0.394 e. The number of halogens is 1. The van der Waals surface area contributed by atoms with Crippen molar-refractivity contribution >= 4 is 45.5 Å². The van der Waals surface area contributed by atoms with Crippen molar-refractivity contribution in [3.05, 3.63) is 38.2 Å². The fourth-order valence-electron chi connectivity index (χ4n) is 2.20. The minimum absolute atomic E-state index is 0.242. The molecule has 6 N–H and O–H groups in total. The third kappa shape index (κ3) is 4.11. The molecule has 0 amide bonds. The number of nitrogens with one attached hydrogen (secondary N) is 2. The summed E-state index contributed by atoms with van der Waals surface area (Å²) < 4.78 is 0.545. The summed E-state index contributed by atoms with van der Waals surface area (Å²) >= 11 is 1.92. The number of pyridine rings is 1. The van der Waals surface area contributed by atoms with Gasteiger partial charge in [0.05, 0.1) is 15.7 Å². The highest BCUT2D eigenvalue weighted by Crippen LogP contribution is 2.19. The van der Waals surface area contributed by atoms with Crippen molar-refractivity contribution in [2.24, 2.45) is 0 Å². The van der Waals surface area contributed by atoms with Crippen molar-refractivity contribution in [1.29, 1.82) is 0 Å². The lowest BCUT2D eigenvalue weighted by Crippen LogP contribution is -2.49. The number of carbonyl (C=O) groups is 1. The van der Waals surface area contributed by atoms with Crippen LogP contribution in [0.2, 0.25) is 0 Å². The zero-order valence-electron chi connectivity index (χ0n) is 12.4. The van der Waals surface area contributed by atoms with Crippen molar-refractivity contribution in [3.63, 3.8) is 0 Å². The molecule has 9 heteroatoms. The van der Waals surface area contributed by atoms with E-state index in [0.29, 0.717) is 21.1 Å². The van der Waals surface area contributed by atoms with Gasteiger partial charge in [-0.1, -0.05) is 6.07 Å². The van der Waals surface area contributed by atoms with Crippen LogP contribution >= 0.6 is 22.6 Å². The summed E-state index contributed by atoms with van der Waals surface area (Å²) in [7, 11) is 0. The lowest BCUT2D eigenvalue weighted by Gasteiger charge is -2.26. The van der Waals surface area contributed by atoms with Crippen LogP contribution in [0, 0.1) is 3.57 Å². The summed E-state index contributed by atoms with van der Waals surface area (Å²) in [4.78, 5) is 25.5. The summed E-state index contributed by atoms with van der Waals surface area (Å²) in [5, 5.41) is 41.3. The molecule has 1 aromatic carbocycles. The highest BCUT2D eigenvalue weighted by Gasteiger charge is 2.31. The molecule has 4 atom stereocenters. The first-order valence-corrected chi connectivity index (χ1v) is 8.14. The Hall–Kier alpha value is -1.53. The van der Waals surface area contributed by atoms with Gasteiger partial charge < -0.3 is 35.5 Å². The molecule has 0 spiro atoms. The van der Waals surface area contributed by atoms with Crippen LogP contribution in [-0.2, 0) is 4.79 Å². The van der Waals surface area contributed by atoms with E-state index in [4.69, 9.17) is 5.11 Å². The fraction of sp³-hybridized carbons (Fsp3) is 0.333. The molecule has 0 saturated heterocycles. The third-order valence-corrected chi connectivity index (χ3v) is 4.38. The smallest absolute Gasteiger partial charge is 0.261 e. The Morgan fingerprint density at radius 2 is 1.92 bits per heavy atom. The molecule has 8 nitrogen and oxygen atoms in total. The number of aromatic amines is 1. The van der Waals surface area contributed by atoms with E-state index in [0.717, 1.165) is 5.39 Å². The lowest BCUT2D eigenvalue weighted by atomic mass is 10.0. The first-order valence-electron chi connectivity index (χ1n) is 7.07. The van der Waals surface area contributed by atoms with E-state index in [-0.39, 0.29) is 5.56 Å². The topological polar surface area (TPSA) is 143 Å². The van der Waals surface area contributed by atoms with Gasteiger partial charge in [-0.25, -0.2) is 0 Å². The highest BCUT2D eigenvalue weighted by atomic mass is 127. The second-order valence-electron chi connectivity index (χ2n) is 5.29. The van der Waals surface area contributed by atoms with E-state index in [1.807, 2.05) is 22.6 Å². The molecule has 0 aliphatic rings. The number of carbonyl (C=O) groups excluding carboxylic acids is 1.